The molecular formula is C16H20Cl3N3O2. The van der Waals surface area contributed by atoms with Crippen LogP contribution in [0.1, 0.15) is 18.0 Å². The van der Waals surface area contributed by atoms with Gasteiger partial charge < -0.3 is 15.8 Å². The van der Waals surface area contributed by atoms with Crippen LogP contribution >= 0.6 is 36.4 Å². The van der Waals surface area contributed by atoms with Gasteiger partial charge in [-0.2, -0.15) is 0 Å². The molecule has 3 N–H and O–H groups in total. The van der Waals surface area contributed by atoms with E-state index in [2.05, 4.69) is 10.3 Å². The van der Waals surface area contributed by atoms with Crippen molar-refractivity contribution in [3.63, 3.8) is 0 Å². The molecule has 0 saturated heterocycles. The Morgan fingerprint density at radius 2 is 1.92 bits per heavy atom. The number of hydrogen-bond donors (Lipinski definition) is 2. The molecule has 0 fully saturated rings. The van der Waals surface area contributed by atoms with Crippen molar-refractivity contribution < 1.29 is 9.53 Å². The van der Waals surface area contributed by atoms with Crippen LogP contribution in [0.5, 0.6) is 5.88 Å². The van der Waals surface area contributed by atoms with E-state index in [0.29, 0.717) is 24.1 Å². The van der Waals surface area contributed by atoms with E-state index in [1.165, 1.54) is 6.20 Å². The van der Waals surface area contributed by atoms with Crippen molar-refractivity contribution in [3.05, 3.63) is 59.2 Å². The van der Waals surface area contributed by atoms with Crippen molar-refractivity contribution in [2.24, 2.45) is 5.73 Å². The van der Waals surface area contributed by atoms with Crippen LogP contribution in [0.3, 0.4) is 0 Å². The minimum absolute atomic E-state index is 0. The van der Waals surface area contributed by atoms with Crippen LogP contribution in [0.2, 0.25) is 5.02 Å². The molecule has 0 bridgehead atoms. The zero-order chi connectivity index (χ0) is 15.8. The number of nitrogens with zero attached hydrogens (tertiary/aromatic N) is 1. The summed E-state index contributed by atoms with van der Waals surface area (Å²) >= 11 is 5.73. The minimum Gasteiger partial charge on any atom is -0.476 e. The number of aromatic nitrogens is 1. The second kappa shape index (κ2) is 11.9. The molecule has 1 aromatic heterocycles. The molecule has 0 spiro atoms. The van der Waals surface area contributed by atoms with Gasteiger partial charge in [-0.05, 0) is 11.6 Å². The van der Waals surface area contributed by atoms with Gasteiger partial charge in [-0.1, -0.05) is 41.9 Å². The van der Waals surface area contributed by atoms with E-state index >= 15 is 0 Å². The van der Waals surface area contributed by atoms with Gasteiger partial charge in [0.05, 0.1) is 11.6 Å². The van der Waals surface area contributed by atoms with E-state index in [1.54, 1.807) is 12.1 Å². The highest BCUT2D eigenvalue weighted by Gasteiger charge is 2.10. The summed E-state index contributed by atoms with van der Waals surface area (Å²) < 4.78 is 5.39. The molecule has 1 unspecified atom stereocenters. The van der Waals surface area contributed by atoms with Crippen LogP contribution < -0.4 is 15.8 Å². The lowest BCUT2D eigenvalue weighted by molar-refractivity contribution is -0.121. The molecule has 132 valence electrons. The van der Waals surface area contributed by atoms with Gasteiger partial charge >= 0.3 is 0 Å². The standard InChI is InChI=1S/C16H18ClN3O2.2ClH/c17-13-6-7-16(20-11-13)22-9-8-19-15(21)10-14(18)12-4-2-1-3-5-12;;/h1-7,11,14H,8-10,18H2,(H,19,21);2*1H. The lowest BCUT2D eigenvalue weighted by Gasteiger charge is -2.12. The zero-order valence-electron chi connectivity index (χ0n) is 12.9. The maximum atomic E-state index is 11.8. The number of carbonyl (C=O) groups is 1. The molecule has 1 aromatic carbocycles. The summed E-state index contributed by atoms with van der Waals surface area (Å²) in [7, 11) is 0. The predicted octanol–water partition coefficient (Wildman–Crippen LogP) is 3.16. The number of hydrogen-bond acceptors (Lipinski definition) is 4. The second-order valence-corrected chi connectivity index (χ2v) is 5.17. The van der Waals surface area contributed by atoms with Gasteiger partial charge in [0.2, 0.25) is 11.8 Å². The lowest BCUT2D eigenvalue weighted by Crippen LogP contribution is -2.30. The van der Waals surface area contributed by atoms with Crippen LogP contribution in [0.4, 0.5) is 0 Å². The number of nitrogens with one attached hydrogen (secondary N) is 1. The SMILES string of the molecule is Cl.Cl.NC(CC(=O)NCCOc1ccc(Cl)cn1)c1ccccc1. The highest BCUT2D eigenvalue weighted by molar-refractivity contribution is 6.30. The van der Waals surface area contributed by atoms with Crippen molar-refractivity contribution in [2.75, 3.05) is 13.2 Å². The maximum absolute atomic E-state index is 11.8. The first kappa shape index (κ1) is 22.5. The highest BCUT2D eigenvalue weighted by atomic mass is 35.5. The lowest BCUT2D eigenvalue weighted by atomic mass is 10.0. The molecule has 2 aromatic rings. The fourth-order valence-corrected chi connectivity index (χ4v) is 2.00. The number of amides is 1. The Balaban J connectivity index is 0.00000264. The molecule has 1 amide bonds. The first-order valence-corrected chi connectivity index (χ1v) is 7.34. The van der Waals surface area contributed by atoms with E-state index in [0.717, 1.165) is 5.56 Å². The number of benzene rings is 1. The van der Waals surface area contributed by atoms with E-state index in [9.17, 15) is 4.79 Å². The number of halogens is 3. The van der Waals surface area contributed by atoms with E-state index < -0.39 is 0 Å². The molecule has 5 nitrogen and oxygen atoms in total. The first-order valence-electron chi connectivity index (χ1n) is 6.97. The minimum atomic E-state index is -0.306. The Hall–Kier alpha value is -1.53. The van der Waals surface area contributed by atoms with E-state index in [1.807, 2.05) is 30.3 Å². The Labute approximate surface area is 158 Å². The van der Waals surface area contributed by atoms with Gasteiger partial charge in [0.25, 0.3) is 0 Å². The molecule has 0 radical (unpaired) electrons. The average molecular weight is 393 g/mol. The summed E-state index contributed by atoms with van der Waals surface area (Å²) in [5, 5.41) is 3.32. The maximum Gasteiger partial charge on any atom is 0.222 e. The van der Waals surface area contributed by atoms with Crippen LogP contribution in [-0.4, -0.2) is 24.0 Å². The third-order valence-corrected chi connectivity index (χ3v) is 3.23. The average Bonchev–Trinajstić information content (AvgIpc) is 2.54. The van der Waals surface area contributed by atoms with E-state index in [4.69, 9.17) is 22.1 Å². The monoisotopic (exact) mass is 391 g/mol. The second-order valence-electron chi connectivity index (χ2n) is 4.73. The molecular weight excluding hydrogens is 373 g/mol. The largest absolute Gasteiger partial charge is 0.476 e. The normalized spacial score (nSPS) is 10.8. The number of ether oxygens (including phenoxy) is 1. The van der Waals surface area contributed by atoms with Crippen LogP contribution in [0.25, 0.3) is 0 Å². The van der Waals surface area contributed by atoms with Crippen molar-refractivity contribution in [1.29, 1.82) is 0 Å². The Morgan fingerprint density at radius 1 is 1.21 bits per heavy atom. The summed E-state index contributed by atoms with van der Waals surface area (Å²) in [5.41, 5.74) is 6.93. The number of pyridine rings is 1. The smallest absolute Gasteiger partial charge is 0.222 e. The van der Waals surface area contributed by atoms with E-state index in [-0.39, 0.29) is 43.2 Å². The van der Waals surface area contributed by atoms with Gasteiger partial charge in [0, 0.05) is 24.7 Å². The summed E-state index contributed by atoms with van der Waals surface area (Å²) in [6.07, 6.45) is 1.75. The van der Waals surface area contributed by atoms with Gasteiger partial charge in [0.1, 0.15) is 6.61 Å². The summed E-state index contributed by atoms with van der Waals surface area (Å²) in [4.78, 5) is 15.8. The third-order valence-electron chi connectivity index (χ3n) is 3.01. The van der Waals surface area contributed by atoms with Crippen LogP contribution in [-0.2, 0) is 4.79 Å². The van der Waals surface area contributed by atoms with Crippen molar-refractivity contribution in [3.8, 4) is 5.88 Å². The molecule has 0 aliphatic carbocycles. The topological polar surface area (TPSA) is 77.2 Å². The first-order chi connectivity index (χ1) is 10.6. The fourth-order valence-electron chi connectivity index (χ4n) is 1.88. The van der Waals surface area contributed by atoms with Crippen molar-refractivity contribution in [1.82, 2.24) is 10.3 Å². The summed E-state index contributed by atoms with van der Waals surface area (Å²) in [6.45, 7) is 0.728. The molecule has 1 heterocycles. The van der Waals surface area contributed by atoms with Crippen molar-refractivity contribution >= 4 is 42.3 Å². The Kier molecular flexibility index (Phi) is 11.2. The van der Waals surface area contributed by atoms with Crippen LogP contribution in [0.15, 0.2) is 48.7 Å². The zero-order valence-corrected chi connectivity index (χ0v) is 15.2. The number of nitrogens with two attached hydrogens (primary N) is 1. The Morgan fingerprint density at radius 3 is 2.54 bits per heavy atom. The molecule has 2 rings (SSSR count). The van der Waals surface area contributed by atoms with Crippen molar-refractivity contribution in [2.45, 2.75) is 12.5 Å². The molecule has 0 saturated carbocycles. The number of rotatable bonds is 7. The van der Waals surface area contributed by atoms with Gasteiger partial charge in [0.15, 0.2) is 0 Å². The van der Waals surface area contributed by atoms with Gasteiger partial charge in [-0.3, -0.25) is 4.79 Å². The van der Waals surface area contributed by atoms with Gasteiger partial charge in [-0.25, -0.2) is 4.98 Å². The number of carbonyl (C=O) groups excluding carboxylic acids is 1. The quantitative estimate of drug-likeness (QED) is 0.710. The van der Waals surface area contributed by atoms with Gasteiger partial charge in [-0.15, -0.1) is 24.8 Å². The van der Waals surface area contributed by atoms with Crippen LogP contribution in [0, 0.1) is 0 Å². The fraction of sp³-hybridized carbons (Fsp3) is 0.250. The molecule has 0 aliphatic heterocycles. The Bertz CT molecular complexity index is 597. The third kappa shape index (κ3) is 7.84. The highest BCUT2D eigenvalue weighted by Crippen LogP contribution is 2.13. The molecule has 0 aliphatic rings. The molecule has 1 atom stereocenters. The molecule has 8 heteroatoms. The summed E-state index contributed by atoms with van der Waals surface area (Å²) in [5.74, 6) is 0.364. The summed E-state index contributed by atoms with van der Waals surface area (Å²) in [6, 6.07) is 12.6. The molecule has 24 heavy (non-hydrogen) atoms. The predicted molar refractivity (Wildman–Crippen MR) is 100 cm³/mol.